The van der Waals surface area contributed by atoms with E-state index in [9.17, 15) is 24.3 Å². The first kappa shape index (κ1) is 22.8. The van der Waals surface area contributed by atoms with E-state index in [1.165, 1.54) is 14.2 Å². The van der Waals surface area contributed by atoms with E-state index in [1.54, 1.807) is 0 Å². The van der Waals surface area contributed by atoms with Gasteiger partial charge in [-0.15, -0.1) is 0 Å². The first-order chi connectivity index (χ1) is 11.9. The van der Waals surface area contributed by atoms with E-state index >= 15 is 0 Å². The van der Waals surface area contributed by atoms with E-state index in [-0.39, 0.29) is 26.4 Å². The molecule has 0 aromatic heterocycles. The van der Waals surface area contributed by atoms with Crippen molar-refractivity contribution >= 4 is 23.9 Å². The second-order valence-corrected chi connectivity index (χ2v) is 4.41. The molecule has 0 amide bonds. The van der Waals surface area contributed by atoms with Crippen LogP contribution in [0.1, 0.15) is 6.42 Å². The smallest absolute Gasteiger partial charge is 0.344 e. The van der Waals surface area contributed by atoms with Crippen LogP contribution in [0.4, 0.5) is 0 Å². The maximum atomic E-state index is 11.4. The van der Waals surface area contributed by atoms with Crippen molar-refractivity contribution in [3.05, 3.63) is 0 Å². The molecule has 0 radical (unpaired) electrons. The number of aliphatic hydroxyl groups excluding tert-OH is 1. The summed E-state index contributed by atoms with van der Waals surface area (Å²) in [6.07, 6.45) is -2.59. The Balaban J connectivity index is 3.92. The van der Waals surface area contributed by atoms with Gasteiger partial charge in [0.15, 0.2) is 19.3 Å². The number of carbonyl (C=O) groups excluding carboxylic acids is 4. The summed E-state index contributed by atoms with van der Waals surface area (Å²) < 4.78 is 27.6. The van der Waals surface area contributed by atoms with Gasteiger partial charge in [-0.1, -0.05) is 0 Å². The van der Waals surface area contributed by atoms with Crippen LogP contribution in [-0.4, -0.2) is 88.9 Å². The third kappa shape index (κ3) is 12.8. The van der Waals surface area contributed by atoms with Crippen molar-refractivity contribution in [1.29, 1.82) is 0 Å². The Morgan fingerprint density at radius 2 is 1.20 bits per heavy atom. The molecule has 1 N–H and O–H groups in total. The molecule has 0 saturated heterocycles. The van der Waals surface area contributed by atoms with Gasteiger partial charge in [0.2, 0.25) is 0 Å². The van der Waals surface area contributed by atoms with Gasteiger partial charge in [0.1, 0.15) is 13.2 Å². The van der Waals surface area contributed by atoms with Crippen molar-refractivity contribution in [3.8, 4) is 0 Å². The highest BCUT2D eigenvalue weighted by Crippen LogP contribution is 1.99. The Morgan fingerprint density at radius 3 is 1.68 bits per heavy atom. The average Bonchev–Trinajstić information content (AvgIpc) is 2.58. The summed E-state index contributed by atoms with van der Waals surface area (Å²) in [7, 11) is 2.84. The highest BCUT2D eigenvalue weighted by atomic mass is 16.6. The molecule has 25 heavy (non-hydrogen) atoms. The molecule has 0 aliphatic rings. The number of esters is 4. The molecule has 0 saturated carbocycles. The van der Waals surface area contributed by atoms with Crippen LogP contribution < -0.4 is 0 Å². The molecule has 0 aromatic rings. The SMILES string of the molecule is COCCOC(=O)COC(=O)CC(O)C(=O)OCC(=O)OCCOC. The second-order valence-electron chi connectivity index (χ2n) is 4.41. The van der Waals surface area contributed by atoms with Crippen LogP contribution in [0.25, 0.3) is 0 Å². The summed E-state index contributed by atoms with van der Waals surface area (Å²) in [4.78, 5) is 45.1. The first-order valence-corrected chi connectivity index (χ1v) is 7.20. The number of methoxy groups -OCH3 is 2. The van der Waals surface area contributed by atoms with E-state index in [0.717, 1.165) is 0 Å². The molecular formula is C14H22O11. The van der Waals surface area contributed by atoms with Crippen molar-refractivity contribution in [3.63, 3.8) is 0 Å². The van der Waals surface area contributed by atoms with E-state index in [0.29, 0.717) is 0 Å². The van der Waals surface area contributed by atoms with Crippen LogP contribution in [-0.2, 0) is 47.6 Å². The monoisotopic (exact) mass is 366 g/mol. The molecule has 11 nitrogen and oxygen atoms in total. The molecule has 0 aromatic carbocycles. The van der Waals surface area contributed by atoms with Gasteiger partial charge in [-0.3, -0.25) is 4.79 Å². The minimum absolute atomic E-state index is 0.00230. The number of aliphatic hydroxyl groups is 1. The van der Waals surface area contributed by atoms with Crippen LogP contribution >= 0.6 is 0 Å². The van der Waals surface area contributed by atoms with Crippen molar-refractivity contribution in [2.75, 3.05) is 53.9 Å². The molecule has 0 aliphatic carbocycles. The number of ether oxygens (including phenoxy) is 6. The Hall–Kier alpha value is -2.24. The third-order valence-corrected chi connectivity index (χ3v) is 2.42. The summed E-state index contributed by atoms with van der Waals surface area (Å²) >= 11 is 0. The molecule has 0 heterocycles. The first-order valence-electron chi connectivity index (χ1n) is 7.20. The molecule has 0 spiro atoms. The molecule has 144 valence electrons. The lowest BCUT2D eigenvalue weighted by atomic mass is 10.2. The zero-order chi connectivity index (χ0) is 19.1. The van der Waals surface area contributed by atoms with Gasteiger partial charge in [-0.05, 0) is 0 Å². The average molecular weight is 366 g/mol. The third-order valence-electron chi connectivity index (χ3n) is 2.42. The maximum Gasteiger partial charge on any atom is 0.344 e. The molecule has 0 bridgehead atoms. The Bertz CT molecular complexity index is 434. The Morgan fingerprint density at radius 1 is 0.720 bits per heavy atom. The highest BCUT2D eigenvalue weighted by molar-refractivity contribution is 5.84. The summed E-state index contributed by atoms with van der Waals surface area (Å²) in [6.45, 7) is -1.03. The zero-order valence-electron chi connectivity index (χ0n) is 14.1. The number of hydrogen-bond donors (Lipinski definition) is 1. The van der Waals surface area contributed by atoms with Crippen LogP contribution in [0.3, 0.4) is 0 Å². The van der Waals surface area contributed by atoms with Crippen molar-refractivity contribution in [2.45, 2.75) is 12.5 Å². The van der Waals surface area contributed by atoms with Gasteiger partial charge >= 0.3 is 23.9 Å². The normalized spacial score (nSPS) is 11.3. The molecule has 0 aliphatic heterocycles. The fourth-order valence-electron chi connectivity index (χ4n) is 1.23. The van der Waals surface area contributed by atoms with Crippen LogP contribution in [0.5, 0.6) is 0 Å². The van der Waals surface area contributed by atoms with Gasteiger partial charge in [-0.25, -0.2) is 14.4 Å². The quantitative estimate of drug-likeness (QED) is 0.224. The maximum absolute atomic E-state index is 11.4. The van der Waals surface area contributed by atoms with E-state index in [1.807, 2.05) is 0 Å². The zero-order valence-corrected chi connectivity index (χ0v) is 14.1. The van der Waals surface area contributed by atoms with Crippen LogP contribution in [0, 0.1) is 0 Å². The largest absolute Gasteiger partial charge is 0.461 e. The highest BCUT2D eigenvalue weighted by Gasteiger charge is 2.23. The van der Waals surface area contributed by atoms with E-state index in [2.05, 4.69) is 28.4 Å². The van der Waals surface area contributed by atoms with Crippen LogP contribution in [0.2, 0.25) is 0 Å². The second kappa shape index (κ2) is 14.1. The Kier molecular flexibility index (Phi) is 12.9. The lowest BCUT2D eigenvalue weighted by molar-refractivity contribution is -0.168. The minimum atomic E-state index is -1.84. The lowest BCUT2D eigenvalue weighted by Crippen LogP contribution is -2.30. The van der Waals surface area contributed by atoms with Crippen molar-refractivity contribution in [1.82, 2.24) is 0 Å². The number of rotatable bonds is 13. The fraction of sp³-hybridized carbons (Fsp3) is 0.714. The van der Waals surface area contributed by atoms with Gasteiger partial charge < -0.3 is 33.5 Å². The van der Waals surface area contributed by atoms with Gasteiger partial charge in [0.05, 0.1) is 19.6 Å². The summed E-state index contributed by atoms with van der Waals surface area (Å²) in [6, 6.07) is 0. The van der Waals surface area contributed by atoms with Crippen molar-refractivity contribution < 1.29 is 52.7 Å². The van der Waals surface area contributed by atoms with Crippen LogP contribution in [0.15, 0.2) is 0 Å². The predicted octanol–water partition coefficient (Wildman–Crippen LogP) is -1.80. The van der Waals surface area contributed by atoms with Gasteiger partial charge in [-0.2, -0.15) is 0 Å². The fourth-order valence-corrected chi connectivity index (χ4v) is 1.23. The van der Waals surface area contributed by atoms with E-state index in [4.69, 9.17) is 0 Å². The number of hydrogen-bond acceptors (Lipinski definition) is 11. The molecule has 0 rings (SSSR count). The van der Waals surface area contributed by atoms with Gasteiger partial charge in [0.25, 0.3) is 0 Å². The summed E-state index contributed by atoms with van der Waals surface area (Å²) in [5, 5.41) is 9.47. The molecular weight excluding hydrogens is 344 g/mol. The molecule has 1 atom stereocenters. The topological polar surface area (TPSA) is 144 Å². The van der Waals surface area contributed by atoms with Crippen molar-refractivity contribution in [2.24, 2.45) is 0 Å². The minimum Gasteiger partial charge on any atom is -0.461 e. The standard InChI is InChI=1S/C14H22O11/c1-20-3-5-22-12(17)8-24-11(16)7-10(15)14(19)25-9-13(18)23-6-4-21-2/h10,15H,3-9H2,1-2H3. The Labute approximate surface area is 144 Å². The molecule has 11 heteroatoms. The molecule has 0 fully saturated rings. The van der Waals surface area contributed by atoms with Gasteiger partial charge in [0, 0.05) is 14.2 Å². The summed E-state index contributed by atoms with van der Waals surface area (Å²) in [5.74, 6) is -3.86. The molecule has 1 unspecified atom stereocenters. The lowest BCUT2D eigenvalue weighted by Gasteiger charge is -2.10. The van der Waals surface area contributed by atoms with E-state index < -0.39 is 49.6 Å². The summed E-state index contributed by atoms with van der Waals surface area (Å²) in [5.41, 5.74) is 0. The number of carbonyl (C=O) groups is 4. The predicted molar refractivity (Wildman–Crippen MR) is 78.2 cm³/mol.